The summed E-state index contributed by atoms with van der Waals surface area (Å²) in [5.74, 6) is 0. The summed E-state index contributed by atoms with van der Waals surface area (Å²) in [6, 6.07) is 0.553. The summed E-state index contributed by atoms with van der Waals surface area (Å²) >= 11 is 0. The highest BCUT2D eigenvalue weighted by Crippen LogP contribution is 2.22. The predicted octanol–water partition coefficient (Wildman–Crippen LogP) is 2.88. The van der Waals surface area contributed by atoms with E-state index < -0.39 is 0 Å². The number of hydrogen-bond donors (Lipinski definition) is 1. The molecule has 0 aliphatic carbocycles. The first kappa shape index (κ1) is 14.3. The Balaban J connectivity index is 1.67. The lowest BCUT2D eigenvalue weighted by Gasteiger charge is -2.31. The van der Waals surface area contributed by atoms with Gasteiger partial charge in [-0.3, -0.25) is 0 Å². The average Bonchev–Trinajstić information content (AvgIpc) is 2.92. The molecule has 0 aromatic heterocycles. The van der Waals surface area contributed by atoms with Crippen LogP contribution in [0.1, 0.15) is 58.3 Å². The molecule has 3 unspecified atom stereocenters. The monoisotopic (exact) mass is 255 g/mol. The summed E-state index contributed by atoms with van der Waals surface area (Å²) in [6.07, 6.45) is 11.1. The lowest BCUT2D eigenvalue weighted by molar-refractivity contribution is -0.0102. The van der Waals surface area contributed by atoms with E-state index in [1.165, 1.54) is 51.4 Å². The SMILES string of the molecule is CCNC(CCCC1CCCO1)C1CCCCO1. The third-order valence-electron chi connectivity index (χ3n) is 4.20. The Morgan fingerprint density at radius 2 is 2.00 bits per heavy atom. The van der Waals surface area contributed by atoms with Crippen LogP contribution in [0, 0.1) is 0 Å². The minimum atomic E-state index is 0.447. The Bertz CT molecular complexity index is 211. The van der Waals surface area contributed by atoms with Crippen LogP contribution >= 0.6 is 0 Å². The Kier molecular flexibility index (Phi) is 6.46. The molecule has 1 N–H and O–H groups in total. The van der Waals surface area contributed by atoms with Crippen LogP contribution in [0.4, 0.5) is 0 Å². The highest BCUT2D eigenvalue weighted by Gasteiger charge is 2.24. The van der Waals surface area contributed by atoms with Gasteiger partial charge in [0.1, 0.15) is 0 Å². The normalized spacial score (nSPS) is 30.5. The van der Waals surface area contributed by atoms with Crippen LogP contribution in [0.3, 0.4) is 0 Å². The molecule has 0 bridgehead atoms. The summed E-state index contributed by atoms with van der Waals surface area (Å²) in [4.78, 5) is 0. The van der Waals surface area contributed by atoms with Crippen molar-refractivity contribution in [2.24, 2.45) is 0 Å². The van der Waals surface area contributed by atoms with Gasteiger partial charge in [0, 0.05) is 19.3 Å². The second-order valence-electron chi connectivity index (χ2n) is 5.64. The number of likely N-dealkylation sites (N-methyl/N-ethyl adjacent to an activating group) is 1. The fourth-order valence-electron chi connectivity index (χ4n) is 3.20. The Labute approximate surface area is 112 Å². The molecule has 0 spiro atoms. The standard InChI is InChI=1S/C15H29NO2/c1-2-16-14(15-10-3-4-11-18-15)9-5-7-13-8-6-12-17-13/h13-16H,2-12H2,1H3. The zero-order valence-electron chi connectivity index (χ0n) is 11.8. The second-order valence-corrected chi connectivity index (χ2v) is 5.64. The van der Waals surface area contributed by atoms with E-state index in [0.717, 1.165) is 19.8 Å². The largest absolute Gasteiger partial charge is 0.378 e. The van der Waals surface area contributed by atoms with Gasteiger partial charge >= 0.3 is 0 Å². The topological polar surface area (TPSA) is 30.5 Å². The fraction of sp³-hybridized carbons (Fsp3) is 1.00. The van der Waals surface area contributed by atoms with E-state index >= 15 is 0 Å². The molecule has 0 aromatic carbocycles. The predicted molar refractivity (Wildman–Crippen MR) is 73.9 cm³/mol. The molecular formula is C15H29NO2. The van der Waals surface area contributed by atoms with Gasteiger partial charge in [-0.2, -0.15) is 0 Å². The van der Waals surface area contributed by atoms with Gasteiger partial charge in [-0.15, -0.1) is 0 Å². The lowest BCUT2D eigenvalue weighted by Crippen LogP contribution is -2.43. The third-order valence-corrected chi connectivity index (χ3v) is 4.20. The molecule has 0 radical (unpaired) electrons. The maximum atomic E-state index is 5.92. The maximum Gasteiger partial charge on any atom is 0.0728 e. The number of rotatable bonds is 7. The van der Waals surface area contributed by atoms with E-state index in [2.05, 4.69) is 12.2 Å². The van der Waals surface area contributed by atoms with Crippen LogP contribution in [0.15, 0.2) is 0 Å². The van der Waals surface area contributed by atoms with Crippen molar-refractivity contribution in [3.63, 3.8) is 0 Å². The van der Waals surface area contributed by atoms with Gasteiger partial charge in [-0.05, 0) is 57.9 Å². The molecule has 0 saturated carbocycles. The zero-order valence-corrected chi connectivity index (χ0v) is 11.8. The molecule has 2 rings (SSSR count). The van der Waals surface area contributed by atoms with Gasteiger partial charge in [0.15, 0.2) is 0 Å². The van der Waals surface area contributed by atoms with Crippen molar-refractivity contribution in [3.8, 4) is 0 Å². The van der Waals surface area contributed by atoms with E-state index in [9.17, 15) is 0 Å². The van der Waals surface area contributed by atoms with Gasteiger partial charge in [-0.1, -0.05) is 6.92 Å². The molecule has 2 aliphatic heterocycles. The molecule has 2 heterocycles. The highest BCUT2D eigenvalue weighted by molar-refractivity contribution is 4.79. The molecule has 3 atom stereocenters. The van der Waals surface area contributed by atoms with E-state index in [0.29, 0.717) is 18.2 Å². The van der Waals surface area contributed by atoms with Crippen LogP contribution in [0.25, 0.3) is 0 Å². The first-order valence-electron chi connectivity index (χ1n) is 7.86. The van der Waals surface area contributed by atoms with E-state index in [1.807, 2.05) is 0 Å². The lowest BCUT2D eigenvalue weighted by atomic mass is 9.96. The van der Waals surface area contributed by atoms with Gasteiger partial charge < -0.3 is 14.8 Å². The summed E-state index contributed by atoms with van der Waals surface area (Å²) in [7, 11) is 0. The van der Waals surface area contributed by atoms with E-state index in [-0.39, 0.29) is 0 Å². The number of nitrogens with one attached hydrogen (secondary N) is 1. The first-order valence-corrected chi connectivity index (χ1v) is 7.86. The van der Waals surface area contributed by atoms with Crippen LogP contribution in [0.5, 0.6) is 0 Å². The molecule has 2 fully saturated rings. The van der Waals surface area contributed by atoms with Crippen LogP contribution < -0.4 is 5.32 Å². The highest BCUT2D eigenvalue weighted by atomic mass is 16.5. The molecule has 3 heteroatoms. The van der Waals surface area contributed by atoms with Crippen molar-refractivity contribution >= 4 is 0 Å². The van der Waals surface area contributed by atoms with Crippen molar-refractivity contribution in [2.45, 2.75) is 76.5 Å². The smallest absolute Gasteiger partial charge is 0.0728 e. The fourth-order valence-corrected chi connectivity index (χ4v) is 3.20. The van der Waals surface area contributed by atoms with Crippen LogP contribution in [-0.2, 0) is 9.47 Å². The summed E-state index contributed by atoms with van der Waals surface area (Å²) in [5, 5.41) is 3.61. The molecule has 18 heavy (non-hydrogen) atoms. The van der Waals surface area contributed by atoms with Crippen LogP contribution in [-0.4, -0.2) is 38.0 Å². The molecule has 0 amide bonds. The minimum Gasteiger partial charge on any atom is -0.378 e. The third kappa shape index (κ3) is 4.52. The second kappa shape index (κ2) is 8.13. The summed E-state index contributed by atoms with van der Waals surface area (Å²) in [5.41, 5.74) is 0. The van der Waals surface area contributed by atoms with E-state index in [1.54, 1.807) is 0 Å². The molecule has 106 valence electrons. The maximum absolute atomic E-state index is 5.92. The zero-order chi connectivity index (χ0) is 12.6. The number of hydrogen-bond acceptors (Lipinski definition) is 3. The summed E-state index contributed by atoms with van der Waals surface area (Å²) in [6.45, 7) is 5.17. The van der Waals surface area contributed by atoms with Crippen molar-refractivity contribution < 1.29 is 9.47 Å². The van der Waals surface area contributed by atoms with Crippen molar-refractivity contribution in [1.82, 2.24) is 5.32 Å². The average molecular weight is 255 g/mol. The summed E-state index contributed by atoms with van der Waals surface area (Å²) < 4.78 is 11.6. The molecule has 3 nitrogen and oxygen atoms in total. The van der Waals surface area contributed by atoms with Gasteiger partial charge in [0.2, 0.25) is 0 Å². The molecule has 0 aromatic rings. The van der Waals surface area contributed by atoms with Crippen molar-refractivity contribution in [2.75, 3.05) is 19.8 Å². The van der Waals surface area contributed by atoms with Gasteiger partial charge in [0.25, 0.3) is 0 Å². The quantitative estimate of drug-likeness (QED) is 0.759. The van der Waals surface area contributed by atoms with E-state index in [4.69, 9.17) is 9.47 Å². The Hall–Kier alpha value is -0.120. The Morgan fingerprint density at radius 1 is 1.11 bits per heavy atom. The minimum absolute atomic E-state index is 0.447. The first-order chi connectivity index (χ1) is 8.90. The number of ether oxygens (including phenoxy) is 2. The van der Waals surface area contributed by atoms with Crippen molar-refractivity contribution in [1.29, 1.82) is 0 Å². The molecular weight excluding hydrogens is 226 g/mol. The molecule has 2 saturated heterocycles. The molecule has 2 aliphatic rings. The van der Waals surface area contributed by atoms with Gasteiger partial charge in [-0.25, -0.2) is 0 Å². The van der Waals surface area contributed by atoms with Crippen LogP contribution in [0.2, 0.25) is 0 Å². The van der Waals surface area contributed by atoms with Gasteiger partial charge in [0.05, 0.1) is 12.2 Å². The van der Waals surface area contributed by atoms with Crippen molar-refractivity contribution in [3.05, 3.63) is 0 Å². The Morgan fingerprint density at radius 3 is 2.67 bits per heavy atom.